The molecule has 114 valence electrons. The highest BCUT2D eigenvalue weighted by Gasteiger charge is 2.20. The van der Waals surface area contributed by atoms with Crippen molar-refractivity contribution in [3.05, 3.63) is 47.3 Å². The Kier molecular flexibility index (Phi) is 4.81. The number of benzene rings is 1. The molecule has 1 aromatic heterocycles. The Morgan fingerprint density at radius 2 is 2.18 bits per heavy atom. The molecule has 0 unspecified atom stereocenters. The van der Waals surface area contributed by atoms with Crippen molar-refractivity contribution in [2.75, 3.05) is 13.7 Å². The average molecular weight is 299 g/mol. The predicted octanol–water partition coefficient (Wildman–Crippen LogP) is 2.35. The van der Waals surface area contributed by atoms with E-state index in [0.717, 1.165) is 5.56 Å². The molecule has 6 nitrogen and oxygen atoms in total. The number of hydroxylamine groups is 1. The zero-order valence-corrected chi connectivity index (χ0v) is 12.7. The van der Waals surface area contributed by atoms with Crippen LogP contribution in [0, 0.1) is 18.3 Å². The van der Waals surface area contributed by atoms with Gasteiger partial charge >= 0.3 is 0 Å². The van der Waals surface area contributed by atoms with Gasteiger partial charge in [-0.2, -0.15) is 5.26 Å². The number of methoxy groups -OCH3 is 1. The second-order valence-electron chi connectivity index (χ2n) is 4.60. The van der Waals surface area contributed by atoms with Gasteiger partial charge in [-0.05, 0) is 37.6 Å². The summed E-state index contributed by atoms with van der Waals surface area (Å²) in [5.41, 5.74) is 4.49. The maximum Gasteiger partial charge on any atom is 0.293 e. The molecule has 2 aromatic rings. The molecular formula is C16H17N3O3. The third-order valence-corrected chi connectivity index (χ3v) is 3.12. The van der Waals surface area contributed by atoms with Crippen LogP contribution >= 0.6 is 0 Å². The minimum Gasteiger partial charge on any atom is -0.495 e. The van der Waals surface area contributed by atoms with Gasteiger partial charge in [-0.3, -0.25) is 9.63 Å². The molecule has 0 aliphatic rings. The number of ether oxygens (including phenoxy) is 1. The lowest BCUT2D eigenvalue weighted by Crippen LogP contribution is -2.26. The summed E-state index contributed by atoms with van der Waals surface area (Å²) in [6.45, 7) is 4.04. The summed E-state index contributed by atoms with van der Waals surface area (Å²) in [6, 6.07) is 9.22. The number of amides is 1. The quantitative estimate of drug-likeness (QED) is 0.860. The number of hydrogen-bond donors (Lipinski definition) is 1. The summed E-state index contributed by atoms with van der Waals surface area (Å²) < 4.78 is 6.97. The van der Waals surface area contributed by atoms with Crippen molar-refractivity contribution in [2.24, 2.45) is 0 Å². The van der Waals surface area contributed by atoms with E-state index in [9.17, 15) is 10.1 Å². The predicted molar refractivity (Wildman–Crippen MR) is 80.9 cm³/mol. The number of nitrogens with one attached hydrogen (secondary N) is 1. The minimum absolute atomic E-state index is 0.208. The molecule has 1 N–H and O–H groups in total. The van der Waals surface area contributed by atoms with Crippen LogP contribution in [0.25, 0.3) is 5.69 Å². The van der Waals surface area contributed by atoms with E-state index in [1.54, 1.807) is 30.9 Å². The van der Waals surface area contributed by atoms with E-state index in [1.807, 2.05) is 31.2 Å². The summed E-state index contributed by atoms with van der Waals surface area (Å²) in [4.78, 5) is 17.2. The summed E-state index contributed by atoms with van der Waals surface area (Å²) in [6.07, 6.45) is 1.66. The van der Waals surface area contributed by atoms with Crippen molar-refractivity contribution in [3.63, 3.8) is 0 Å². The number of aryl methyl sites for hydroxylation is 1. The number of carbonyl (C=O) groups is 1. The van der Waals surface area contributed by atoms with Gasteiger partial charge < -0.3 is 9.30 Å². The van der Waals surface area contributed by atoms with E-state index < -0.39 is 5.91 Å². The van der Waals surface area contributed by atoms with Gasteiger partial charge in [-0.15, -0.1) is 0 Å². The summed E-state index contributed by atoms with van der Waals surface area (Å²) in [5, 5.41) is 9.22. The molecule has 0 fully saturated rings. The number of nitriles is 1. The van der Waals surface area contributed by atoms with Gasteiger partial charge in [-0.25, -0.2) is 5.48 Å². The van der Waals surface area contributed by atoms with Crippen LogP contribution < -0.4 is 10.2 Å². The number of rotatable bonds is 5. The molecule has 1 heterocycles. The van der Waals surface area contributed by atoms with Gasteiger partial charge in [0.05, 0.1) is 25.0 Å². The Bertz CT molecular complexity index is 729. The van der Waals surface area contributed by atoms with Crippen molar-refractivity contribution >= 4 is 5.91 Å². The number of hydrogen-bond acceptors (Lipinski definition) is 4. The van der Waals surface area contributed by atoms with E-state index in [1.165, 1.54) is 0 Å². The fraction of sp³-hybridized carbons (Fsp3) is 0.250. The molecule has 0 saturated heterocycles. The van der Waals surface area contributed by atoms with E-state index in [4.69, 9.17) is 9.57 Å². The lowest BCUT2D eigenvalue weighted by molar-refractivity contribution is 0.0358. The van der Waals surface area contributed by atoms with Crippen LogP contribution in [-0.4, -0.2) is 24.2 Å². The van der Waals surface area contributed by atoms with Crippen LogP contribution in [0.3, 0.4) is 0 Å². The second kappa shape index (κ2) is 6.78. The molecule has 0 bridgehead atoms. The fourth-order valence-electron chi connectivity index (χ4n) is 2.13. The molecule has 0 spiro atoms. The van der Waals surface area contributed by atoms with Gasteiger partial charge in [0, 0.05) is 6.20 Å². The molecule has 22 heavy (non-hydrogen) atoms. The van der Waals surface area contributed by atoms with Crippen molar-refractivity contribution in [1.29, 1.82) is 5.26 Å². The van der Waals surface area contributed by atoms with Gasteiger partial charge in [0.1, 0.15) is 17.5 Å². The lowest BCUT2D eigenvalue weighted by Gasteiger charge is -2.14. The summed E-state index contributed by atoms with van der Waals surface area (Å²) in [7, 11) is 1.56. The van der Waals surface area contributed by atoms with E-state index in [-0.39, 0.29) is 11.3 Å². The molecule has 0 saturated carbocycles. The van der Waals surface area contributed by atoms with Crippen molar-refractivity contribution in [1.82, 2.24) is 10.0 Å². The lowest BCUT2D eigenvalue weighted by atomic mass is 10.2. The molecule has 0 aliphatic carbocycles. The maximum atomic E-state index is 12.3. The van der Waals surface area contributed by atoms with E-state index >= 15 is 0 Å². The summed E-state index contributed by atoms with van der Waals surface area (Å²) in [5.74, 6) is 0.128. The van der Waals surface area contributed by atoms with Crippen LogP contribution in [0.1, 0.15) is 28.5 Å². The highest BCUT2D eigenvalue weighted by atomic mass is 16.6. The highest BCUT2D eigenvalue weighted by Crippen LogP contribution is 2.27. The monoisotopic (exact) mass is 299 g/mol. The largest absolute Gasteiger partial charge is 0.495 e. The first-order chi connectivity index (χ1) is 10.6. The van der Waals surface area contributed by atoms with E-state index in [0.29, 0.717) is 18.0 Å². The highest BCUT2D eigenvalue weighted by molar-refractivity contribution is 5.95. The first kappa shape index (κ1) is 15.6. The molecular weight excluding hydrogens is 282 g/mol. The first-order valence-corrected chi connectivity index (χ1v) is 6.81. The Balaban J connectivity index is 2.57. The van der Waals surface area contributed by atoms with Crippen LogP contribution in [-0.2, 0) is 4.84 Å². The third-order valence-electron chi connectivity index (χ3n) is 3.12. The number of nitrogens with zero attached hydrogens (tertiary/aromatic N) is 2. The van der Waals surface area contributed by atoms with Gasteiger partial charge in [0.25, 0.3) is 5.91 Å². The second-order valence-corrected chi connectivity index (χ2v) is 4.60. The Hall–Kier alpha value is -2.78. The van der Waals surface area contributed by atoms with Crippen LogP contribution in [0.15, 0.2) is 30.5 Å². The van der Waals surface area contributed by atoms with Crippen LogP contribution in [0.2, 0.25) is 0 Å². The fourth-order valence-corrected chi connectivity index (χ4v) is 2.13. The smallest absolute Gasteiger partial charge is 0.293 e. The standard InChI is InChI=1S/C16H17N3O3/c1-4-22-18-16(20)15-12(10-17)7-8-19(15)13-9-11(2)5-6-14(13)21-3/h5-9H,4H2,1-3H3,(H,18,20). The maximum absolute atomic E-state index is 12.3. The molecule has 1 amide bonds. The molecule has 0 atom stereocenters. The first-order valence-electron chi connectivity index (χ1n) is 6.81. The molecule has 0 aliphatic heterocycles. The zero-order valence-electron chi connectivity index (χ0n) is 12.7. The average Bonchev–Trinajstić information content (AvgIpc) is 2.96. The van der Waals surface area contributed by atoms with Crippen molar-refractivity contribution < 1.29 is 14.4 Å². The minimum atomic E-state index is -0.480. The molecule has 1 aromatic carbocycles. The van der Waals surface area contributed by atoms with Crippen LogP contribution in [0.5, 0.6) is 5.75 Å². The SMILES string of the molecule is CCONC(=O)c1c(C#N)ccn1-c1cc(C)ccc1OC. The van der Waals surface area contributed by atoms with Gasteiger partial charge in [0.2, 0.25) is 0 Å². The number of carbonyl (C=O) groups excluding carboxylic acids is 1. The summed E-state index contributed by atoms with van der Waals surface area (Å²) >= 11 is 0. The Morgan fingerprint density at radius 3 is 2.82 bits per heavy atom. The normalized spacial score (nSPS) is 10.1. The third kappa shape index (κ3) is 2.95. The Morgan fingerprint density at radius 1 is 1.41 bits per heavy atom. The topological polar surface area (TPSA) is 76.3 Å². The van der Waals surface area contributed by atoms with Crippen LogP contribution in [0.4, 0.5) is 0 Å². The molecule has 2 rings (SSSR count). The van der Waals surface area contributed by atoms with Crippen molar-refractivity contribution in [2.45, 2.75) is 13.8 Å². The molecule has 0 radical (unpaired) electrons. The van der Waals surface area contributed by atoms with E-state index in [2.05, 4.69) is 5.48 Å². The Labute approximate surface area is 128 Å². The number of aromatic nitrogens is 1. The zero-order chi connectivity index (χ0) is 16.1. The molecule has 6 heteroatoms. The van der Waals surface area contributed by atoms with Crippen molar-refractivity contribution in [3.8, 4) is 17.5 Å². The van der Waals surface area contributed by atoms with Gasteiger partial charge in [-0.1, -0.05) is 6.07 Å². The van der Waals surface area contributed by atoms with Gasteiger partial charge in [0.15, 0.2) is 0 Å².